The van der Waals surface area contributed by atoms with E-state index in [4.69, 9.17) is 5.11 Å². The van der Waals surface area contributed by atoms with Gasteiger partial charge in [0.2, 0.25) is 0 Å². The Kier molecular flexibility index (Phi) is 4.04. The van der Waals surface area contributed by atoms with Crippen molar-refractivity contribution in [3.8, 4) is 0 Å². The minimum absolute atomic E-state index is 0.276. The lowest BCUT2D eigenvalue weighted by atomic mass is 9.92. The predicted molar refractivity (Wildman–Crippen MR) is 72.6 cm³/mol. The van der Waals surface area contributed by atoms with E-state index in [9.17, 15) is 9.90 Å². The summed E-state index contributed by atoms with van der Waals surface area (Å²) in [4.78, 5) is 17.6. The summed E-state index contributed by atoms with van der Waals surface area (Å²) in [6, 6.07) is 3.20. The molecule has 1 aliphatic heterocycles. The quantitative estimate of drug-likeness (QED) is 0.869. The largest absolute Gasteiger partial charge is 0.478 e. The molecule has 104 valence electrons. The number of hydrogen-bond acceptors (Lipinski definition) is 4. The summed E-state index contributed by atoms with van der Waals surface area (Å²) in [6.45, 7) is 5.25. The third-order valence-electron chi connectivity index (χ3n) is 3.73. The molecule has 1 atom stereocenters. The van der Waals surface area contributed by atoms with Gasteiger partial charge in [-0.05, 0) is 44.7 Å². The molecule has 1 aromatic heterocycles. The third kappa shape index (κ3) is 3.23. The van der Waals surface area contributed by atoms with Gasteiger partial charge >= 0.3 is 5.97 Å². The Balaban J connectivity index is 2.13. The Morgan fingerprint density at radius 2 is 2.05 bits per heavy atom. The first kappa shape index (κ1) is 13.8. The van der Waals surface area contributed by atoms with Crippen LogP contribution in [0.5, 0.6) is 0 Å². The second-order valence-corrected chi connectivity index (χ2v) is 5.23. The molecule has 1 unspecified atom stereocenters. The molecule has 0 amide bonds. The fraction of sp³-hybridized carbons (Fsp3) is 0.571. The van der Waals surface area contributed by atoms with Crippen LogP contribution in [-0.2, 0) is 0 Å². The zero-order valence-corrected chi connectivity index (χ0v) is 11.3. The highest BCUT2D eigenvalue weighted by Gasteiger charge is 2.23. The number of pyridine rings is 1. The monoisotopic (exact) mass is 264 g/mol. The fourth-order valence-electron chi connectivity index (χ4n) is 2.55. The molecule has 2 N–H and O–H groups in total. The molecule has 0 bridgehead atoms. The highest BCUT2D eigenvalue weighted by atomic mass is 16.4. The van der Waals surface area contributed by atoms with Crippen LogP contribution in [0.15, 0.2) is 12.1 Å². The van der Waals surface area contributed by atoms with Crippen LogP contribution in [0.25, 0.3) is 0 Å². The molecule has 1 aromatic rings. The van der Waals surface area contributed by atoms with Crippen LogP contribution >= 0.6 is 0 Å². The summed E-state index contributed by atoms with van der Waals surface area (Å²) in [7, 11) is 0. The second kappa shape index (κ2) is 5.57. The molecule has 0 aromatic carbocycles. The first-order valence-corrected chi connectivity index (χ1v) is 6.62. The van der Waals surface area contributed by atoms with Crippen LogP contribution in [0.3, 0.4) is 0 Å². The summed E-state index contributed by atoms with van der Waals surface area (Å²) >= 11 is 0. The van der Waals surface area contributed by atoms with E-state index in [2.05, 4.69) is 9.88 Å². The van der Waals surface area contributed by atoms with Crippen LogP contribution in [0.4, 0.5) is 5.82 Å². The lowest BCUT2D eigenvalue weighted by molar-refractivity contribution is 0.0696. The fourth-order valence-corrected chi connectivity index (χ4v) is 2.55. The van der Waals surface area contributed by atoms with Gasteiger partial charge in [0.15, 0.2) is 0 Å². The molecule has 5 nitrogen and oxygen atoms in total. The average Bonchev–Trinajstić information content (AvgIpc) is 2.38. The topological polar surface area (TPSA) is 73.7 Å². The molecule has 0 spiro atoms. The van der Waals surface area contributed by atoms with Gasteiger partial charge < -0.3 is 15.1 Å². The zero-order chi connectivity index (χ0) is 14.0. The smallest absolute Gasteiger partial charge is 0.335 e. The summed E-state index contributed by atoms with van der Waals surface area (Å²) < 4.78 is 0. The van der Waals surface area contributed by atoms with Crippen LogP contribution in [0, 0.1) is 12.8 Å². The van der Waals surface area contributed by atoms with Crippen LogP contribution in [-0.4, -0.2) is 40.4 Å². The van der Waals surface area contributed by atoms with Crippen molar-refractivity contribution in [3.05, 3.63) is 23.4 Å². The van der Waals surface area contributed by atoms with E-state index in [1.54, 1.807) is 19.1 Å². The number of anilines is 1. The Morgan fingerprint density at radius 3 is 2.58 bits per heavy atom. The molecule has 1 aliphatic rings. The SMILES string of the molecule is Cc1cc(C(=O)O)cc(N2CCC(C(C)O)CC2)n1. The van der Waals surface area contributed by atoms with E-state index in [1.165, 1.54) is 0 Å². The number of aliphatic hydroxyl groups is 1. The van der Waals surface area contributed by atoms with Gasteiger partial charge in [-0.1, -0.05) is 0 Å². The Labute approximate surface area is 112 Å². The number of aliphatic hydroxyl groups excluding tert-OH is 1. The molecule has 5 heteroatoms. The molecule has 1 fully saturated rings. The first-order valence-electron chi connectivity index (χ1n) is 6.62. The molecular formula is C14H20N2O3. The second-order valence-electron chi connectivity index (χ2n) is 5.23. The Bertz CT molecular complexity index is 466. The van der Waals surface area contributed by atoms with Gasteiger partial charge in [-0.3, -0.25) is 0 Å². The van der Waals surface area contributed by atoms with Crippen LogP contribution in [0.2, 0.25) is 0 Å². The normalized spacial score (nSPS) is 18.4. The predicted octanol–water partition coefficient (Wildman–Crippen LogP) is 1.69. The van der Waals surface area contributed by atoms with Gasteiger partial charge in [-0.2, -0.15) is 0 Å². The highest BCUT2D eigenvalue weighted by molar-refractivity contribution is 5.88. The van der Waals surface area contributed by atoms with E-state index >= 15 is 0 Å². The molecule has 0 radical (unpaired) electrons. The molecule has 0 saturated carbocycles. The standard InChI is InChI=1S/C14H20N2O3/c1-9-7-12(14(18)19)8-13(15-9)16-5-3-11(4-6-16)10(2)17/h7-8,10-11,17H,3-6H2,1-2H3,(H,18,19). The number of rotatable bonds is 3. The van der Waals surface area contributed by atoms with E-state index in [1.807, 2.05) is 6.92 Å². The summed E-state index contributed by atoms with van der Waals surface area (Å²) in [6.07, 6.45) is 1.55. The number of piperidine rings is 1. The lowest BCUT2D eigenvalue weighted by Crippen LogP contribution is -2.37. The maximum atomic E-state index is 11.1. The highest BCUT2D eigenvalue weighted by Crippen LogP contribution is 2.25. The number of aryl methyl sites for hydroxylation is 1. The van der Waals surface area contributed by atoms with Crippen molar-refractivity contribution in [1.29, 1.82) is 0 Å². The van der Waals surface area contributed by atoms with E-state index in [0.717, 1.165) is 31.7 Å². The number of carboxylic acids is 1. The number of hydrogen-bond donors (Lipinski definition) is 2. The van der Waals surface area contributed by atoms with E-state index < -0.39 is 5.97 Å². The van der Waals surface area contributed by atoms with Crippen molar-refractivity contribution in [2.45, 2.75) is 32.8 Å². The van der Waals surface area contributed by atoms with Gasteiger partial charge in [0.1, 0.15) is 5.82 Å². The third-order valence-corrected chi connectivity index (χ3v) is 3.73. The van der Waals surface area contributed by atoms with Gasteiger partial charge in [-0.15, -0.1) is 0 Å². The van der Waals surface area contributed by atoms with Crippen molar-refractivity contribution < 1.29 is 15.0 Å². The summed E-state index contributed by atoms with van der Waals surface area (Å²) in [5.41, 5.74) is 0.993. The van der Waals surface area contributed by atoms with Gasteiger partial charge in [0, 0.05) is 18.8 Å². The molecular weight excluding hydrogens is 244 g/mol. The van der Waals surface area contributed by atoms with Crippen molar-refractivity contribution in [1.82, 2.24) is 4.98 Å². The first-order chi connectivity index (χ1) is 8.97. The van der Waals surface area contributed by atoms with Crippen molar-refractivity contribution >= 4 is 11.8 Å². The van der Waals surface area contributed by atoms with Crippen molar-refractivity contribution in [3.63, 3.8) is 0 Å². The summed E-state index contributed by atoms with van der Waals surface area (Å²) in [5, 5.41) is 18.7. The van der Waals surface area contributed by atoms with E-state index in [0.29, 0.717) is 11.6 Å². The van der Waals surface area contributed by atoms with Crippen molar-refractivity contribution in [2.24, 2.45) is 5.92 Å². The number of aromatic carboxylic acids is 1. The molecule has 2 heterocycles. The molecule has 1 saturated heterocycles. The van der Waals surface area contributed by atoms with Crippen LogP contribution in [0.1, 0.15) is 35.8 Å². The maximum Gasteiger partial charge on any atom is 0.335 e. The number of nitrogens with zero attached hydrogens (tertiary/aromatic N) is 2. The zero-order valence-electron chi connectivity index (χ0n) is 11.3. The number of aromatic nitrogens is 1. The Morgan fingerprint density at radius 1 is 1.42 bits per heavy atom. The van der Waals surface area contributed by atoms with E-state index in [-0.39, 0.29) is 11.7 Å². The minimum atomic E-state index is -0.925. The summed E-state index contributed by atoms with van der Waals surface area (Å²) in [5.74, 6) is 0.132. The average molecular weight is 264 g/mol. The minimum Gasteiger partial charge on any atom is -0.478 e. The van der Waals surface area contributed by atoms with Gasteiger partial charge in [-0.25, -0.2) is 9.78 Å². The number of carbonyl (C=O) groups is 1. The van der Waals surface area contributed by atoms with Crippen molar-refractivity contribution in [2.75, 3.05) is 18.0 Å². The van der Waals surface area contributed by atoms with Gasteiger partial charge in [0.05, 0.1) is 11.7 Å². The van der Waals surface area contributed by atoms with Gasteiger partial charge in [0.25, 0.3) is 0 Å². The number of carboxylic acid groups (broad SMARTS) is 1. The molecule has 19 heavy (non-hydrogen) atoms. The lowest BCUT2D eigenvalue weighted by Gasteiger charge is -2.34. The maximum absolute atomic E-state index is 11.1. The molecule has 2 rings (SSSR count). The Hall–Kier alpha value is -1.62. The molecule has 0 aliphatic carbocycles. The van der Waals surface area contributed by atoms with Crippen LogP contribution < -0.4 is 4.90 Å².